The second-order valence-corrected chi connectivity index (χ2v) is 5.51. The van der Waals surface area contributed by atoms with Gasteiger partial charge in [-0.15, -0.1) is 0 Å². The highest BCUT2D eigenvalue weighted by molar-refractivity contribution is 6.36. The van der Waals surface area contributed by atoms with E-state index in [1.165, 1.54) is 0 Å². The Labute approximate surface area is 134 Å². The molecule has 0 amide bonds. The van der Waals surface area contributed by atoms with Gasteiger partial charge >= 0.3 is 0 Å². The Bertz CT molecular complexity index is 599. The van der Waals surface area contributed by atoms with Gasteiger partial charge in [-0.1, -0.05) is 41.4 Å². The number of benzene rings is 2. The molecule has 0 bridgehead atoms. The van der Waals surface area contributed by atoms with Gasteiger partial charge < -0.3 is 15.6 Å². The maximum atomic E-state index is 10.6. The van der Waals surface area contributed by atoms with Gasteiger partial charge in [0, 0.05) is 22.5 Å². The molecule has 2 aromatic carbocycles. The van der Waals surface area contributed by atoms with Crippen LogP contribution in [0.1, 0.15) is 23.1 Å². The lowest BCUT2D eigenvalue weighted by atomic mass is 9.89. The van der Waals surface area contributed by atoms with Crippen molar-refractivity contribution < 1.29 is 9.84 Å². The van der Waals surface area contributed by atoms with Crippen LogP contribution in [0.25, 0.3) is 0 Å². The van der Waals surface area contributed by atoms with Crippen molar-refractivity contribution in [2.24, 2.45) is 5.73 Å². The molecule has 2 unspecified atom stereocenters. The molecule has 0 aliphatic carbocycles. The van der Waals surface area contributed by atoms with Gasteiger partial charge in [0.2, 0.25) is 0 Å². The van der Waals surface area contributed by atoms with Crippen LogP contribution < -0.4 is 10.5 Å². The second-order valence-electron chi connectivity index (χ2n) is 4.70. The first-order chi connectivity index (χ1) is 10.1. The molecule has 5 heteroatoms. The van der Waals surface area contributed by atoms with Crippen LogP contribution in [0.5, 0.6) is 5.75 Å². The topological polar surface area (TPSA) is 55.5 Å². The maximum Gasteiger partial charge on any atom is 0.119 e. The van der Waals surface area contributed by atoms with Gasteiger partial charge in [0.1, 0.15) is 5.75 Å². The Kier molecular flexibility index (Phi) is 5.48. The van der Waals surface area contributed by atoms with Crippen molar-refractivity contribution >= 4 is 23.2 Å². The molecule has 0 aliphatic heterocycles. The largest absolute Gasteiger partial charge is 0.497 e. The van der Waals surface area contributed by atoms with Gasteiger partial charge in [0.25, 0.3) is 0 Å². The van der Waals surface area contributed by atoms with Gasteiger partial charge in [-0.2, -0.15) is 0 Å². The van der Waals surface area contributed by atoms with Crippen LogP contribution in [-0.4, -0.2) is 18.8 Å². The number of ether oxygens (including phenoxy) is 1. The van der Waals surface area contributed by atoms with Crippen LogP contribution in [0.4, 0.5) is 0 Å². The van der Waals surface area contributed by atoms with Crippen molar-refractivity contribution in [1.29, 1.82) is 0 Å². The van der Waals surface area contributed by atoms with Crippen LogP contribution in [0.3, 0.4) is 0 Å². The zero-order valence-corrected chi connectivity index (χ0v) is 13.1. The molecule has 2 atom stereocenters. The predicted molar refractivity (Wildman–Crippen MR) is 86.2 cm³/mol. The molecule has 112 valence electrons. The first kappa shape index (κ1) is 16.1. The van der Waals surface area contributed by atoms with Gasteiger partial charge in [0.15, 0.2) is 0 Å². The van der Waals surface area contributed by atoms with Crippen molar-refractivity contribution in [2.75, 3.05) is 13.7 Å². The van der Waals surface area contributed by atoms with Crippen LogP contribution in [0.15, 0.2) is 42.5 Å². The van der Waals surface area contributed by atoms with E-state index in [9.17, 15) is 5.11 Å². The summed E-state index contributed by atoms with van der Waals surface area (Å²) in [4.78, 5) is 0. The third kappa shape index (κ3) is 3.50. The summed E-state index contributed by atoms with van der Waals surface area (Å²) in [6, 6.07) is 12.5. The van der Waals surface area contributed by atoms with E-state index in [4.69, 9.17) is 33.7 Å². The lowest BCUT2D eigenvalue weighted by Gasteiger charge is -2.24. The van der Waals surface area contributed by atoms with E-state index < -0.39 is 12.0 Å². The third-order valence-corrected chi connectivity index (χ3v) is 4.10. The summed E-state index contributed by atoms with van der Waals surface area (Å²) in [6.07, 6.45) is -0.817. The van der Waals surface area contributed by atoms with E-state index in [-0.39, 0.29) is 6.54 Å². The van der Waals surface area contributed by atoms with Crippen molar-refractivity contribution in [3.05, 3.63) is 63.6 Å². The number of aliphatic hydroxyl groups is 1. The molecule has 3 N–H and O–H groups in total. The predicted octanol–water partition coefficient (Wildman–Crippen LogP) is 3.78. The molecule has 0 saturated heterocycles. The van der Waals surface area contributed by atoms with Crippen molar-refractivity contribution in [2.45, 2.75) is 12.0 Å². The van der Waals surface area contributed by atoms with E-state index in [0.717, 1.165) is 0 Å². The molecule has 2 aromatic rings. The minimum absolute atomic E-state index is 0.224. The molecule has 0 aromatic heterocycles. The molecule has 0 radical (unpaired) electrons. The normalized spacial score (nSPS) is 13.8. The molecule has 0 saturated carbocycles. The number of methoxy groups -OCH3 is 1. The minimum atomic E-state index is -0.817. The molecule has 2 rings (SSSR count). The second kappa shape index (κ2) is 7.14. The van der Waals surface area contributed by atoms with E-state index in [1.807, 2.05) is 18.2 Å². The fourth-order valence-corrected chi connectivity index (χ4v) is 3.01. The van der Waals surface area contributed by atoms with Gasteiger partial charge in [-0.05, 0) is 35.4 Å². The van der Waals surface area contributed by atoms with E-state index >= 15 is 0 Å². The molecule has 0 fully saturated rings. The number of hydrogen-bond acceptors (Lipinski definition) is 3. The summed E-state index contributed by atoms with van der Waals surface area (Å²) in [5.74, 6) is 0.283. The average molecular weight is 326 g/mol. The number of hydrogen-bond donors (Lipinski definition) is 2. The average Bonchev–Trinajstić information content (AvgIpc) is 2.50. The highest BCUT2D eigenvalue weighted by atomic mass is 35.5. The van der Waals surface area contributed by atoms with E-state index in [0.29, 0.717) is 26.9 Å². The van der Waals surface area contributed by atoms with E-state index in [2.05, 4.69) is 0 Å². The molecule has 0 spiro atoms. The Hall–Kier alpha value is -1.26. The summed E-state index contributed by atoms with van der Waals surface area (Å²) in [6.45, 7) is 0.224. The van der Waals surface area contributed by atoms with E-state index in [1.54, 1.807) is 31.4 Å². The van der Waals surface area contributed by atoms with Crippen molar-refractivity contribution in [3.8, 4) is 5.75 Å². The number of nitrogens with two attached hydrogens (primary N) is 1. The van der Waals surface area contributed by atoms with Crippen LogP contribution >= 0.6 is 23.2 Å². The Morgan fingerprint density at radius 3 is 2.33 bits per heavy atom. The summed E-state index contributed by atoms with van der Waals surface area (Å²) >= 11 is 12.4. The zero-order chi connectivity index (χ0) is 15.4. The molecule has 21 heavy (non-hydrogen) atoms. The van der Waals surface area contributed by atoms with Gasteiger partial charge in [-0.3, -0.25) is 0 Å². The van der Waals surface area contributed by atoms with Crippen LogP contribution in [-0.2, 0) is 0 Å². The molecule has 0 aliphatic rings. The third-order valence-electron chi connectivity index (χ3n) is 3.44. The van der Waals surface area contributed by atoms with Crippen LogP contribution in [0, 0.1) is 0 Å². The summed E-state index contributed by atoms with van der Waals surface area (Å²) in [7, 11) is 1.58. The molecule has 0 heterocycles. The smallest absolute Gasteiger partial charge is 0.119 e. The number of aliphatic hydroxyl groups excluding tert-OH is 1. The SMILES string of the molecule is COc1cccc(C(O)C(CN)c2c(Cl)cccc2Cl)c1. The molecular weight excluding hydrogens is 309 g/mol. The Balaban J connectivity index is 2.40. The lowest BCUT2D eigenvalue weighted by molar-refractivity contribution is 0.147. The lowest BCUT2D eigenvalue weighted by Crippen LogP contribution is -2.21. The molecule has 3 nitrogen and oxygen atoms in total. The Morgan fingerprint density at radius 1 is 1.14 bits per heavy atom. The number of rotatable bonds is 5. The van der Waals surface area contributed by atoms with Gasteiger partial charge in [-0.25, -0.2) is 0 Å². The summed E-state index contributed by atoms with van der Waals surface area (Å²) < 4.78 is 5.18. The molecular formula is C16H17Cl2NO2. The first-order valence-electron chi connectivity index (χ1n) is 6.54. The fraction of sp³-hybridized carbons (Fsp3) is 0.250. The number of halogens is 2. The minimum Gasteiger partial charge on any atom is -0.497 e. The summed E-state index contributed by atoms with van der Waals surface area (Å²) in [5, 5.41) is 11.6. The zero-order valence-electron chi connectivity index (χ0n) is 11.6. The first-order valence-corrected chi connectivity index (χ1v) is 7.30. The Morgan fingerprint density at radius 2 is 1.76 bits per heavy atom. The fourth-order valence-electron chi connectivity index (χ4n) is 2.33. The van der Waals surface area contributed by atoms with Crippen molar-refractivity contribution in [1.82, 2.24) is 0 Å². The van der Waals surface area contributed by atoms with Crippen molar-refractivity contribution in [3.63, 3.8) is 0 Å². The quantitative estimate of drug-likeness (QED) is 0.879. The monoisotopic (exact) mass is 325 g/mol. The highest BCUT2D eigenvalue weighted by Gasteiger charge is 2.25. The van der Waals surface area contributed by atoms with Crippen LogP contribution in [0.2, 0.25) is 10.0 Å². The summed E-state index contributed by atoms with van der Waals surface area (Å²) in [5.41, 5.74) is 7.22. The van der Waals surface area contributed by atoms with Gasteiger partial charge in [0.05, 0.1) is 13.2 Å². The standard InChI is InChI=1S/C16H17Cl2NO2/c1-21-11-5-2-4-10(8-11)16(20)12(9-19)15-13(17)6-3-7-14(15)18/h2-8,12,16,20H,9,19H2,1H3. The highest BCUT2D eigenvalue weighted by Crippen LogP contribution is 2.38. The maximum absolute atomic E-state index is 10.6.